The van der Waals surface area contributed by atoms with E-state index in [-0.39, 0.29) is 10.8 Å². The predicted molar refractivity (Wildman–Crippen MR) is 251 cm³/mol. The van der Waals surface area contributed by atoms with Crippen LogP contribution in [0.2, 0.25) is 0 Å². The van der Waals surface area contributed by atoms with Crippen LogP contribution in [0, 0.1) is 0 Å². The second-order valence-corrected chi connectivity index (χ2v) is 13.9. The van der Waals surface area contributed by atoms with Crippen LogP contribution in [0.1, 0.15) is 99.9 Å². The van der Waals surface area contributed by atoms with E-state index >= 15 is 0 Å². The van der Waals surface area contributed by atoms with E-state index in [4.69, 9.17) is 0 Å². The Morgan fingerprint density at radius 2 is 0.276 bits per heavy atom. The SMILES string of the molecule is CC.CC.CC.CC.c1ccc2c(c1)-c1ccccc1C21c2ccccc2-c2ccccc21.c1ccc2c(c1)-c1ccccc1C21c2ccccc2-c2ccccc21. The van der Waals surface area contributed by atoms with Gasteiger partial charge in [-0.15, -0.1) is 0 Å². The van der Waals surface area contributed by atoms with E-state index < -0.39 is 0 Å². The molecule has 4 aliphatic rings. The number of hydrogen-bond acceptors (Lipinski definition) is 0. The van der Waals surface area contributed by atoms with Crippen LogP contribution in [0.15, 0.2) is 194 Å². The minimum atomic E-state index is -0.180. The molecule has 2 spiro atoms. The summed E-state index contributed by atoms with van der Waals surface area (Å²) in [5.74, 6) is 0. The summed E-state index contributed by atoms with van der Waals surface area (Å²) in [5.41, 5.74) is 21.8. The summed E-state index contributed by atoms with van der Waals surface area (Å²) in [6, 6.07) is 71.3. The lowest BCUT2D eigenvalue weighted by Gasteiger charge is -2.30. The molecule has 0 aromatic heterocycles. The molecule has 4 aliphatic carbocycles. The topological polar surface area (TPSA) is 0 Å². The number of fused-ring (bicyclic) bond motifs is 20. The molecule has 8 aromatic carbocycles. The normalized spacial score (nSPS) is 13.1. The van der Waals surface area contributed by atoms with Gasteiger partial charge in [0.2, 0.25) is 0 Å². The van der Waals surface area contributed by atoms with Crippen molar-refractivity contribution < 1.29 is 0 Å². The molecule has 0 N–H and O–H groups in total. The van der Waals surface area contributed by atoms with Crippen LogP contribution < -0.4 is 0 Å². The van der Waals surface area contributed by atoms with Crippen LogP contribution in [0.25, 0.3) is 44.5 Å². The third-order valence-electron chi connectivity index (χ3n) is 11.8. The average molecular weight is 753 g/mol. The van der Waals surface area contributed by atoms with E-state index in [2.05, 4.69) is 194 Å². The fourth-order valence-electron chi connectivity index (χ4n) is 10.1. The van der Waals surface area contributed by atoms with Gasteiger partial charge in [-0.25, -0.2) is 0 Å². The summed E-state index contributed by atoms with van der Waals surface area (Å²) in [7, 11) is 0. The highest BCUT2D eigenvalue weighted by molar-refractivity contribution is 5.96. The molecule has 0 saturated heterocycles. The maximum atomic E-state index is 2.31. The summed E-state index contributed by atoms with van der Waals surface area (Å²) >= 11 is 0. The lowest BCUT2D eigenvalue weighted by Crippen LogP contribution is -2.25. The van der Waals surface area contributed by atoms with Gasteiger partial charge < -0.3 is 0 Å². The highest BCUT2D eigenvalue weighted by Crippen LogP contribution is 2.64. The molecule has 0 saturated carbocycles. The van der Waals surface area contributed by atoms with Crippen molar-refractivity contribution in [1.29, 1.82) is 0 Å². The van der Waals surface area contributed by atoms with Gasteiger partial charge in [-0.2, -0.15) is 0 Å². The lowest BCUT2D eigenvalue weighted by molar-refractivity contribution is 0.794. The van der Waals surface area contributed by atoms with Crippen molar-refractivity contribution in [3.63, 3.8) is 0 Å². The minimum absolute atomic E-state index is 0.180. The Morgan fingerprint density at radius 1 is 0.172 bits per heavy atom. The predicted octanol–water partition coefficient (Wildman–Crippen LogP) is 16.2. The first-order chi connectivity index (χ1) is 28.8. The van der Waals surface area contributed by atoms with Gasteiger partial charge >= 0.3 is 0 Å². The molecule has 0 atom stereocenters. The van der Waals surface area contributed by atoms with Crippen molar-refractivity contribution in [2.24, 2.45) is 0 Å². The third kappa shape index (κ3) is 5.57. The van der Waals surface area contributed by atoms with Crippen LogP contribution in [0.3, 0.4) is 0 Å². The van der Waals surface area contributed by atoms with Gasteiger partial charge in [0.05, 0.1) is 10.8 Å². The molecular formula is C58H56. The molecule has 0 heteroatoms. The maximum absolute atomic E-state index is 2.31. The Balaban J connectivity index is 0.000000151. The summed E-state index contributed by atoms with van der Waals surface area (Å²) in [6.45, 7) is 16.0. The van der Waals surface area contributed by atoms with Gasteiger partial charge in [0.1, 0.15) is 0 Å². The molecule has 0 heterocycles. The van der Waals surface area contributed by atoms with E-state index in [1.807, 2.05) is 55.4 Å². The number of rotatable bonds is 0. The van der Waals surface area contributed by atoms with Crippen molar-refractivity contribution >= 4 is 0 Å². The first-order valence-corrected chi connectivity index (χ1v) is 21.6. The van der Waals surface area contributed by atoms with Crippen molar-refractivity contribution in [3.8, 4) is 44.5 Å². The van der Waals surface area contributed by atoms with Gasteiger partial charge in [-0.05, 0) is 89.0 Å². The molecule has 12 rings (SSSR count). The van der Waals surface area contributed by atoms with Gasteiger partial charge in [0.15, 0.2) is 0 Å². The molecule has 0 aliphatic heterocycles. The van der Waals surface area contributed by atoms with Crippen molar-refractivity contribution in [2.75, 3.05) is 0 Å². The highest BCUT2D eigenvalue weighted by Gasteiger charge is 2.52. The van der Waals surface area contributed by atoms with Gasteiger partial charge in [-0.1, -0.05) is 250 Å². The lowest BCUT2D eigenvalue weighted by atomic mass is 9.70. The molecule has 288 valence electrons. The Morgan fingerprint density at radius 3 is 0.397 bits per heavy atom. The monoisotopic (exact) mass is 752 g/mol. The molecule has 58 heavy (non-hydrogen) atoms. The molecular weight excluding hydrogens is 697 g/mol. The first kappa shape index (κ1) is 40.0. The van der Waals surface area contributed by atoms with Crippen LogP contribution >= 0.6 is 0 Å². The fourth-order valence-corrected chi connectivity index (χ4v) is 10.1. The quantitative estimate of drug-likeness (QED) is 0.145. The third-order valence-corrected chi connectivity index (χ3v) is 11.8. The van der Waals surface area contributed by atoms with E-state index in [9.17, 15) is 0 Å². The zero-order valence-corrected chi connectivity index (χ0v) is 35.5. The second-order valence-electron chi connectivity index (χ2n) is 13.9. The zero-order chi connectivity index (χ0) is 40.9. The van der Waals surface area contributed by atoms with E-state index in [1.54, 1.807) is 0 Å². The molecule has 0 nitrogen and oxygen atoms in total. The molecule has 8 aromatic rings. The Bertz CT molecular complexity index is 2110. The molecule has 0 amide bonds. The molecule has 0 radical (unpaired) electrons. The largest absolute Gasteiger partial charge is 0.0725 e. The molecule has 0 fully saturated rings. The smallest absolute Gasteiger partial charge is 0.0683 e. The van der Waals surface area contributed by atoms with E-state index in [0.29, 0.717) is 0 Å². The number of hydrogen-bond donors (Lipinski definition) is 0. The van der Waals surface area contributed by atoms with Gasteiger partial charge in [-0.3, -0.25) is 0 Å². The van der Waals surface area contributed by atoms with Crippen LogP contribution in [-0.4, -0.2) is 0 Å². The van der Waals surface area contributed by atoms with Gasteiger partial charge in [0, 0.05) is 0 Å². The Kier molecular flexibility index (Phi) is 11.8. The summed E-state index contributed by atoms with van der Waals surface area (Å²) in [6.07, 6.45) is 0. The van der Waals surface area contributed by atoms with Crippen molar-refractivity contribution in [3.05, 3.63) is 239 Å². The minimum Gasteiger partial charge on any atom is -0.0683 e. The van der Waals surface area contributed by atoms with E-state index in [0.717, 1.165) is 0 Å². The standard InChI is InChI=1S/2C25H16.4C2H6/c2*1-5-13-21-17(9-1)18-10-2-6-14-22(18)25(21)23-15-7-3-11-19(23)20-12-4-8-16-24(20)25;4*1-2/h2*1-16H;4*1-2H3. The average Bonchev–Trinajstić information content (AvgIpc) is 4.01. The van der Waals surface area contributed by atoms with Crippen molar-refractivity contribution in [2.45, 2.75) is 66.2 Å². The summed E-state index contributed by atoms with van der Waals surface area (Å²) in [5, 5.41) is 0. The first-order valence-electron chi connectivity index (χ1n) is 21.6. The maximum Gasteiger partial charge on any atom is 0.0725 e. The van der Waals surface area contributed by atoms with Crippen LogP contribution in [0.5, 0.6) is 0 Å². The van der Waals surface area contributed by atoms with Gasteiger partial charge in [0.25, 0.3) is 0 Å². The summed E-state index contributed by atoms with van der Waals surface area (Å²) < 4.78 is 0. The van der Waals surface area contributed by atoms with E-state index in [1.165, 1.54) is 89.0 Å². The summed E-state index contributed by atoms with van der Waals surface area (Å²) in [4.78, 5) is 0. The number of benzene rings is 8. The van der Waals surface area contributed by atoms with Crippen LogP contribution in [0.4, 0.5) is 0 Å². The fraction of sp³-hybridized carbons (Fsp3) is 0.172. The highest BCUT2D eigenvalue weighted by atomic mass is 14.5. The zero-order valence-electron chi connectivity index (χ0n) is 35.5. The Hall–Kier alpha value is -6.24. The molecule has 0 unspecified atom stereocenters. The Labute approximate surface area is 347 Å². The van der Waals surface area contributed by atoms with Crippen LogP contribution in [-0.2, 0) is 10.8 Å². The second kappa shape index (κ2) is 17.1. The molecule has 0 bridgehead atoms. The van der Waals surface area contributed by atoms with Crippen molar-refractivity contribution in [1.82, 2.24) is 0 Å².